The quantitative estimate of drug-likeness (QED) is 0.598. The minimum absolute atomic E-state index is 0.271. The lowest BCUT2D eigenvalue weighted by molar-refractivity contribution is 0.517. The van der Waals surface area contributed by atoms with Crippen molar-refractivity contribution in [2.75, 3.05) is 0 Å². The van der Waals surface area contributed by atoms with E-state index < -0.39 is 0 Å². The Morgan fingerprint density at radius 3 is 2.56 bits per heavy atom. The van der Waals surface area contributed by atoms with Crippen LogP contribution >= 0.6 is 23.2 Å². The molecule has 0 bridgehead atoms. The molecule has 0 N–H and O–H groups in total. The Bertz CT molecular complexity index is 189. The van der Waals surface area contributed by atoms with Gasteiger partial charge in [0.25, 0.3) is 0 Å². The van der Waals surface area contributed by atoms with Gasteiger partial charge in [-0.15, -0.1) is 11.6 Å². The summed E-state index contributed by atoms with van der Waals surface area (Å²) in [6.45, 7) is 1.77. The van der Waals surface area contributed by atoms with Crippen molar-refractivity contribution >= 4 is 23.2 Å². The molecule has 4 heteroatoms. The Morgan fingerprint density at radius 1 is 1.67 bits per heavy atom. The molecule has 0 amide bonds. The SMILES string of the molecule is Cc1nc(CCl)oc1Cl. The van der Waals surface area contributed by atoms with Gasteiger partial charge in [0.1, 0.15) is 0 Å². The van der Waals surface area contributed by atoms with Gasteiger partial charge in [-0.05, 0) is 18.5 Å². The van der Waals surface area contributed by atoms with E-state index in [2.05, 4.69) is 4.98 Å². The van der Waals surface area contributed by atoms with Crippen LogP contribution in [0, 0.1) is 6.92 Å². The van der Waals surface area contributed by atoms with Crippen molar-refractivity contribution in [3.8, 4) is 0 Å². The number of hydrogen-bond acceptors (Lipinski definition) is 2. The highest BCUT2D eigenvalue weighted by molar-refractivity contribution is 6.29. The second-order valence-corrected chi connectivity index (χ2v) is 2.21. The van der Waals surface area contributed by atoms with Gasteiger partial charge in [0.15, 0.2) is 0 Å². The molecule has 0 aliphatic rings. The van der Waals surface area contributed by atoms with E-state index in [4.69, 9.17) is 27.6 Å². The van der Waals surface area contributed by atoms with E-state index in [9.17, 15) is 0 Å². The molecule has 1 heterocycles. The molecule has 2 nitrogen and oxygen atoms in total. The molecule has 0 radical (unpaired) electrons. The first kappa shape index (κ1) is 6.90. The zero-order valence-corrected chi connectivity index (χ0v) is 6.33. The second kappa shape index (κ2) is 2.58. The van der Waals surface area contributed by atoms with Gasteiger partial charge in [0, 0.05) is 0 Å². The van der Waals surface area contributed by atoms with Gasteiger partial charge in [-0.25, -0.2) is 4.98 Å². The molecule has 0 aromatic carbocycles. The van der Waals surface area contributed by atoms with Gasteiger partial charge in [0.05, 0.1) is 11.6 Å². The standard InChI is InChI=1S/C5H5Cl2NO/c1-3-5(7)9-4(2-6)8-3/h2H2,1H3. The molecule has 1 aromatic rings. The first-order chi connectivity index (χ1) is 4.24. The summed E-state index contributed by atoms with van der Waals surface area (Å²) in [6.07, 6.45) is 0. The van der Waals surface area contributed by atoms with Crippen LogP contribution in [0.25, 0.3) is 0 Å². The van der Waals surface area contributed by atoms with Crippen LogP contribution in [0.2, 0.25) is 5.22 Å². The predicted octanol–water partition coefficient (Wildman–Crippen LogP) is 2.38. The fourth-order valence-electron chi connectivity index (χ4n) is 0.488. The van der Waals surface area contributed by atoms with E-state index >= 15 is 0 Å². The molecule has 0 saturated carbocycles. The van der Waals surface area contributed by atoms with Crippen LogP contribution in [-0.2, 0) is 5.88 Å². The zero-order valence-electron chi connectivity index (χ0n) is 4.82. The molecule has 1 aromatic heterocycles. The lowest BCUT2D eigenvalue weighted by atomic mass is 10.6. The molecule has 0 aliphatic heterocycles. The number of nitrogens with zero attached hydrogens (tertiary/aromatic N) is 1. The van der Waals surface area contributed by atoms with Crippen LogP contribution in [-0.4, -0.2) is 4.98 Å². The molecular weight excluding hydrogens is 161 g/mol. The Labute approximate surface area is 62.8 Å². The van der Waals surface area contributed by atoms with Crippen molar-refractivity contribution in [3.05, 3.63) is 16.8 Å². The summed E-state index contributed by atoms with van der Waals surface area (Å²) in [7, 11) is 0. The van der Waals surface area contributed by atoms with Crippen molar-refractivity contribution in [1.82, 2.24) is 4.98 Å². The maximum atomic E-state index is 5.52. The molecule has 0 saturated heterocycles. The fraction of sp³-hybridized carbons (Fsp3) is 0.400. The summed E-state index contributed by atoms with van der Waals surface area (Å²) in [5.41, 5.74) is 0.687. The zero-order chi connectivity index (χ0) is 6.85. The van der Waals surface area contributed by atoms with Crippen molar-refractivity contribution in [2.45, 2.75) is 12.8 Å². The average molecular weight is 166 g/mol. The Balaban J connectivity index is 2.98. The largest absolute Gasteiger partial charge is 0.428 e. The molecule has 50 valence electrons. The minimum Gasteiger partial charge on any atom is -0.428 e. The fourth-order valence-corrected chi connectivity index (χ4v) is 0.734. The van der Waals surface area contributed by atoms with E-state index in [1.54, 1.807) is 6.92 Å². The molecule has 0 atom stereocenters. The number of halogens is 2. The van der Waals surface area contributed by atoms with Crippen molar-refractivity contribution in [1.29, 1.82) is 0 Å². The predicted molar refractivity (Wildman–Crippen MR) is 35.8 cm³/mol. The van der Waals surface area contributed by atoms with Crippen LogP contribution < -0.4 is 0 Å². The van der Waals surface area contributed by atoms with E-state index in [0.717, 1.165) is 0 Å². The van der Waals surface area contributed by atoms with Gasteiger partial charge in [-0.3, -0.25) is 0 Å². The average Bonchev–Trinajstić information content (AvgIpc) is 2.13. The van der Waals surface area contributed by atoms with Gasteiger partial charge in [0.2, 0.25) is 11.1 Å². The van der Waals surface area contributed by atoms with Crippen LogP contribution in [0.4, 0.5) is 0 Å². The molecule has 9 heavy (non-hydrogen) atoms. The Hall–Kier alpha value is -0.210. The van der Waals surface area contributed by atoms with Gasteiger partial charge in [-0.2, -0.15) is 0 Å². The monoisotopic (exact) mass is 165 g/mol. The number of oxazole rings is 1. The summed E-state index contributed by atoms with van der Waals surface area (Å²) in [5, 5.41) is 0.325. The summed E-state index contributed by atoms with van der Waals surface area (Å²) < 4.78 is 4.89. The molecule has 1 rings (SSSR count). The van der Waals surface area contributed by atoms with Crippen LogP contribution in [0.3, 0.4) is 0 Å². The van der Waals surface area contributed by atoms with Gasteiger partial charge < -0.3 is 4.42 Å². The molecule has 0 unspecified atom stereocenters. The van der Waals surface area contributed by atoms with Crippen LogP contribution in [0.1, 0.15) is 11.6 Å². The molecule has 0 aliphatic carbocycles. The molecule has 0 spiro atoms. The first-order valence-corrected chi connectivity index (χ1v) is 3.33. The highest BCUT2D eigenvalue weighted by Crippen LogP contribution is 2.16. The number of aryl methyl sites for hydroxylation is 1. The van der Waals surface area contributed by atoms with Crippen LogP contribution in [0.5, 0.6) is 0 Å². The lowest BCUT2D eigenvalue weighted by Gasteiger charge is -1.77. The van der Waals surface area contributed by atoms with Crippen molar-refractivity contribution in [2.24, 2.45) is 0 Å². The minimum atomic E-state index is 0.271. The second-order valence-electron chi connectivity index (χ2n) is 1.60. The topological polar surface area (TPSA) is 26.0 Å². The van der Waals surface area contributed by atoms with Crippen molar-refractivity contribution in [3.63, 3.8) is 0 Å². The number of hydrogen-bond donors (Lipinski definition) is 0. The van der Waals surface area contributed by atoms with E-state index in [0.29, 0.717) is 16.8 Å². The number of rotatable bonds is 1. The normalized spacial score (nSPS) is 10.1. The van der Waals surface area contributed by atoms with E-state index in [1.165, 1.54) is 0 Å². The van der Waals surface area contributed by atoms with Gasteiger partial charge >= 0.3 is 0 Å². The Kier molecular flexibility index (Phi) is 1.98. The summed E-state index contributed by atoms with van der Waals surface area (Å²) >= 11 is 10.9. The first-order valence-electron chi connectivity index (χ1n) is 2.42. The molecular formula is C5H5Cl2NO. The lowest BCUT2D eigenvalue weighted by Crippen LogP contribution is -1.74. The highest BCUT2D eigenvalue weighted by atomic mass is 35.5. The van der Waals surface area contributed by atoms with Crippen LogP contribution in [0.15, 0.2) is 4.42 Å². The Morgan fingerprint density at radius 2 is 2.33 bits per heavy atom. The molecule has 0 fully saturated rings. The third-order valence-electron chi connectivity index (χ3n) is 0.899. The van der Waals surface area contributed by atoms with Crippen molar-refractivity contribution < 1.29 is 4.42 Å². The number of alkyl halides is 1. The van der Waals surface area contributed by atoms with E-state index in [-0.39, 0.29) is 5.88 Å². The number of aromatic nitrogens is 1. The summed E-state index contributed by atoms with van der Waals surface area (Å²) in [6, 6.07) is 0. The summed E-state index contributed by atoms with van der Waals surface area (Å²) in [4.78, 5) is 3.90. The smallest absolute Gasteiger partial charge is 0.216 e. The van der Waals surface area contributed by atoms with Gasteiger partial charge in [-0.1, -0.05) is 0 Å². The summed E-state index contributed by atoms with van der Waals surface area (Å²) in [5.74, 6) is 0.743. The van der Waals surface area contributed by atoms with E-state index in [1.807, 2.05) is 0 Å². The highest BCUT2D eigenvalue weighted by Gasteiger charge is 2.03. The maximum absolute atomic E-state index is 5.52. The maximum Gasteiger partial charge on any atom is 0.216 e. The third kappa shape index (κ3) is 1.37. The third-order valence-corrected chi connectivity index (χ3v) is 1.48.